The number of hydrogen-bond acceptors (Lipinski definition) is 9. The number of benzene rings is 3. The van der Waals surface area contributed by atoms with Gasteiger partial charge in [0, 0.05) is 30.3 Å². The number of rotatable bonds is 14. The van der Waals surface area contributed by atoms with Gasteiger partial charge in [-0.1, -0.05) is 31.9 Å². The summed E-state index contributed by atoms with van der Waals surface area (Å²) in [4.78, 5) is 36.1. The summed E-state index contributed by atoms with van der Waals surface area (Å²) in [5.74, 6) is 0.0696. The minimum atomic E-state index is -0.542. The van der Waals surface area contributed by atoms with Gasteiger partial charge in [0.15, 0.2) is 0 Å². The predicted octanol–water partition coefficient (Wildman–Crippen LogP) is 5.58. The van der Waals surface area contributed by atoms with Crippen LogP contribution in [0.25, 0.3) is 6.08 Å². The smallest absolute Gasteiger partial charge is 0.338 e. The lowest BCUT2D eigenvalue weighted by Gasteiger charge is -2.08. The topological polar surface area (TPSA) is 140 Å². The van der Waals surface area contributed by atoms with E-state index in [2.05, 4.69) is 6.92 Å². The molecule has 3 aromatic rings. The van der Waals surface area contributed by atoms with Crippen LogP contribution in [-0.4, -0.2) is 31.1 Å². The number of unbranched alkanes of at least 4 members (excludes halogenated alkanes) is 2. The quantitative estimate of drug-likeness (QED) is 0.0871. The summed E-state index contributed by atoms with van der Waals surface area (Å²) < 4.78 is 21.5. The molecule has 4 N–H and O–H groups in total. The van der Waals surface area contributed by atoms with Crippen LogP contribution in [0.2, 0.25) is 0 Å². The third-order valence-corrected chi connectivity index (χ3v) is 5.55. The van der Waals surface area contributed by atoms with Crippen molar-refractivity contribution in [1.29, 1.82) is 0 Å². The number of nitrogen functional groups attached to an aromatic ring is 2. The van der Waals surface area contributed by atoms with Crippen molar-refractivity contribution in [2.24, 2.45) is 0 Å². The molecule has 0 unspecified atom stereocenters. The Kier molecular flexibility index (Phi) is 11.6. The molecule has 0 aliphatic heterocycles. The Morgan fingerprint density at radius 1 is 0.750 bits per heavy atom. The third-order valence-electron chi connectivity index (χ3n) is 5.55. The van der Waals surface area contributed by atoms with E-state index in [-0.39, 0.29) is 12.6 Å². The van der Waals surface area contributed by atoms with Crippen LogP contribution in [0.1, 0.15) is 54.9 Å². The highest BCUT2D eigenvalue weighted by Crippen LogP contribution is 2.19. The van der Waals surface area contributed by atoms with Crippen LogP contribution >= 0.6 is 0 Å². The van der Waals surface area contributed by atoms with E-state index in [0.29, 0.717) is 53.6 Å². The molecule has 0 aliphatic rings. The van der Waals surface area contributed by atoms with Crippen molar-refractivity contribution >= 4 is 35.4 Å². The van der Waals surface area contributed by atoms with Gasteiger partial charge >= 0.3 is 17.9 Å². The van der Waals surface area contributed by atoms with Gasteiger partial charge in [-0.15, -0.1) is 0 Å². The summed E-state index contributed by atoms with van der Waals surface area (Å²) in [6.07, 6.45) is 6.64. The molecule has 0 atom stereocenters. The van der Waals surface area contributed by atoms with Crippen LogP contribution in [0.3, 0.4) is 0 Å². The van der Waals surface area contributed by atoms with E-state index in [4.69, 9.17) is 30.4 Å². The molecule has 0 radical (unpaired) electrons. The zero-order valence-electron chi connectivity index (χ0n) is 22.5. The molecule has 0 saturated carbocycles. The largest absolute Gasteiger partial charge is 0.493 e. The fraction of sp³-hybridized carbons (Fsp3) is 0.258. The summed E-state index contributed by atoms with van der Waals surface area (Å²) in [5, 5.41) is 0. The average molecular weight is 547 g/mol. The van der Waals surface area contributed by atoms with E-state index in [1.165, 1.54) is 18.2 Å². The van der Waals surface area contributed by atoms with Crippen LogP contribution in [0.5, 0.6) is 17.2 Å². The molecule has 9 nitrogen and oxygen atoms in total. The van der Waals surface area contributed by atoms with Crippen LogP contribution < -0.4 is 25.7 Å². The molecule has 3 aromatic carbocycles. The molecule has 3 rings (SSSR count). The van der Waals surface area contributed by atoms with Crippen molar-refractivity contribution in [3.63, 3.8) is 0 Å². The van der Waals surface area contributed by atoms with Crippen molar-refractivity contribution in [3.8, 4) is 17.2 Å². The van der Waals surface area contributed by atoms with Crippen LogP contribution in [0.4, 0.5) is 11.4 Å². The van der Waals surface area contributed by atoms with Gasteiger partial charge in [0.2, 0.25) is 0 Å². The first kappa shape index (κ1) is 29.8. The van der Waals surface area contributed by atoms with E-state index in [0.717, 1.165) is 24.8 Å². The summed E-state index contributed by atoms with van der Waals surface area (Å²) in [7, 11) is 0. The number of carbonyl (C=O) groups is 3. The fourth-order valence-corrected chi connectivity index (χ4v) is 3.56. The number of hydrogen-bond donors (Lipinski definition) is 2. The molecular weight excluding hydrogens is 512 g/mol. The molecule has 0 aromatic heterocycles. The zero-order valence-corrected chi connectivity index (χ0v) is 22.5. The molecule has 9 heteroatoms. The lowest BCUT2D eigenvalue weighted by atomic mass is 10.2. The standard InChI is InChI=1S/C31H34N2O7/c1-2-3-4-6-29(34)39-27-12-14-28(15-13-27)40-30(35)16-9-22-7-10-26(11-8-22)37-17-5-18-38-31(36)23-19-24(32)21-25(33)20-23/h7-16,19-21H,2-6,17-18,32-33H2,1H3/b16-9+. The molecule has 0 fully saturated rings. The Labute approximate surface area is 233 Å². The molecule has 0 aliphatic carbocycles. The maximum atomic E-state index is 12.2. The Morgan fingerprint density at radius 3 is 2.02 bits per heavy atom. The monoisotopic (exact) mass is 546 g/mol. The summed E-state index contributed by atoms with van der Waals surface area (Å²) in [6, 6.07) is 18.0. The molecule has 0 spiro atoms. The highest BCUT2D eigenvalue weighted by molar-refractivity contribution is 5.91. The summed E-state index contributed by atoms with van der Waals surface area (Å²) >= 11 is 0. The van der Waals surface area contributed by atoms with Gasteiger partial charge in [0.25, 0.3) is 0 Å². The van der Waals surface area contributed by atoms with E-state index < -0.39 is 11.9 Å². The van der Waals surface area contributed by atoms with Gasteiger partial charge in [-0.25, -0.2) is 9.59 Å². The van der Waals surface area contributed by atoms with Crippen molar-refractivity contribution in [1.82, 2.24) is 0 Å². The van der Waals surface area contributed by atoms with Crippen molar-refractivity contribution in [2.45, 2.75) is 39.0 Å². The summed E-state index contributed by atoms with van der Waals surface area (Å²) in [5.41, 5.74) is 13.3. The molecule has 0 amide bonds. The maximum absolute atomic E-state index is 12.2. The minimum Gasteiger partial charge on any atom is -0.493 e. The molecule has 210 valence electrons. The first-order valence-corrected chi connectivity index (χ1v) is 13.1. The van der Waals surface area contributed by atoms with E-state index in [1.807, 2.05) is 0 Å². The average Bonchev–Trinajstić information content (AvgIpc) is 2.93. The predicted molar refractivity (Wildman–Crippen MR) is 153 cm³/mol. The zero-order chi connectivity index (χ0) is 28.7. The highest BCUT2D eigenvalue weighted by atomic mass is 16.5. The SMILES string of the molecule is CCCCCC(=O)Oc1ccc(OC(=O)/C=C/c2ccc(OCCCOC(=O)c3cc(N)cc(N)c3)cc2)cc1. The Hall–Kier alpha value is -4.79. The number of ether oxygens (including phenoxy) is 4. The van der Waals surface area contributed by atoms with Crippen LogP contribution in [0, 0.1) is 0 Å². The van der Waals surface area contributed by atoms with Gasteiger partial charge in [-0.2, -0.15) is 0 Å². The second kappa shape index (κ2) is 15.6. The Balaban J connectivity index is 1.35. The van der Waals surface area contributed by atoms with E-state index >= 15 is 0 Å². The van der Waals surface area contributed by atoms with Crippen molar-refractivity contribution in [2.75, 3.05) is 24.7 Å². The second-order valence-corrected chi connectivity index (χ2v) is 8.95. The van der Waals surface area contributed by atoms with Crippen LogP contribution in [0.15, 0.2) is 72.8 Å². The molecule has 40 heavy (non-hydrogen) atoms. The van der Waals surface area contributed by atoms with Gasteiger partial charge in [0.05, 0.1) is 18.8 Å². The normalized spacial score (nSPS) is 10.7. The Morgan fingerprint density at radius 2 is 1.38 bits per heavy atom. The van der Waals surface area contributed by atoms with E-state index in [1.54, 1.807) is 60.7 Å². The number of nitrogens with two attached hydrogens (primary N) is 2. The lowest BCUT2D eigenvalue weighted by molar-refractivity contribution is -0.134. The van der Waals surface area contributed by atoms with Gasteiger partial charge in [-0.3, -0.25) is 4.79 Å². The number of anilines is 2. The molecule has 0 saturated heterocycles. The maximum Gasteiger partial charge on any atom is 0.338 e. The number of esters is 3. The number of carbonyl (C=O) groups excluding carboxylic acids is 3. The highest BCUT2D eigenvalue weighted by Gasteiger charge is 2.09. The first-order chi connectivity index (χ1) is 19.3. The van der Waals surface area contributed by atoms with Gasteiger partial charge in [-0.05, 0) is 72.7 Å². The third kappa shape index (κ3) is 10.5. The molecular formula is C31H34N2O7. The second-order valence-electron chi connectivity index (χ2n) is 8.95. The van der Waals surface area contributed by atoms with Gasteiger partial charge in [0.1, 0.15) is 17.2 Å². The first-order valence-electron chi connectivity index (χ1n) is 13.1. The van der Waals surface area contributed by atoms with E-state index in [9.17, 15) is 14.4 Å². The van der Waals surface area contributed by atoms with Crippen molar-refractivity contribution in [3.05, 3.63) is 83.9 Å². The fourth-order valence-electron chi connectivity index (χ4n) is 3.56. The van der Waals surface area contributed by atoms with Gasteiger partial charge < -0.3 is 30.4 Å². The molecule has 0 bridgehead atoms. The summed E-state index contributed by atoms with van der Waals surface area (Å²) in [6.45, 7) is 2.61. The Bertz CT molecular complexity index is 1280. The van der Waals surface area contributed by atoms with Crippen LogP contribution in [-0.2, 0) is 14.3 Å². The molecule has 0 heterocycles. The minimum absolute atomic E-state index is 0.184. The van der Waals surface area contributed by atoms with Crippen molar-refractivity contribution < 1.29 is 33.3 Å². The lowest BCUT2D eigenvalue weighted by Crippen LogP contribution is -2.10.